The number of fused-ring (bicyclic) bond motifs is 4. The zero-order valence-corrected chi connectivity index (χ0v) is 18.8. The smallest absolute Gasteiger partial charge is 0.265 e. The van der Waals surface area contributed by atoms with E-state index in [1.807, 2.05) is 31.2 Å². The number of hydrogen-bond acceptors (Lipinski definition) is 5. The number of halogens is 2. The highest BCUT2D eigenvalue weighted by atomic mass is 35.5. The third kappa shape index (κ3) is 3.52. The number of benzene rings is 2. The molecule has 0 aliphatic heterocycles. The van der Waals surface area contributed by atoms with Crippen LogP contribution in [0.5, 0.6) is 0 Å². The van der Waals surface area contributed by atoms with Crippen molar-refractivity contribution in [1.82, 2.24) is 24.1 Å². The normalized spacial score (nSPS) is 11.7. The first-order valence-electron chi connectivity index (χ1n) is 10.3. The molecule has 0 amide bonds. The molecule has 2 aromatic carbocycles. The fraction of sp³-hybridized carbons (Fsp3) is 0.217. The van der Waals surface area contributed by atoms with Gasteiger partial charge in [0.25, 0.3) is 5.56 Å². The third-order valence-corrected chi connectivity index (χ3v) is 5.83. The molecule has 5 rings (SSSR count). The summed E-state index contributed by atoms with van der Waals surface area (Å²) in [4.78, 5) is 27.7. The molecule has 32 heavy (non-hydrogen) atoms. The van der Waals surface area contributed by atoms with Crippen molar-refractivity contribution in [1.29, 1.82) is 0 Å². The molecule has 9 heteroatoms. The van der Waals surface area contributed by atoms with Crippen LogP contribution in [0.15, 0.2) is 53.6 Å². The molecule has 3 heterocycles. The van der Waals surface area contributed by atoms with Crippen LogP contribution in [0.2, 0.25) is 10.0 Å². The molecule has 0 unspecified atom stereocenters. The molecule has 0 aliphatic rings. The lowest BCUT2D eigenvalue weighted by Gasteiger charge is -2.10. The van der Waals surface area contributed by atoms with E-state index in [0.717, 1.165) is 0 Å². The molecule has 0 radical (unpaired) electrons. The highest BCUT2D eigenvalue weighted by molar-refractivity contribution is 6.34. The summed E-state index contributed by atoms with van der Waals surface area (Å²) in [6.07, 6.45) is 2.25. The average molecular weight is 468 g/mol. The van der Waals surface area contributed by atoms with Crippen LogP contribution in [0.1, 0.15) is 13.3 Å². The number of ether oxygens (including phenoxy) is 1. The van der Waals surface area contributed by atoms with Crippen molar-refractivity contribution >= 4 is 56.4 Å². The summed E-state index contributed by atoms with van der Waals surface area (Å²) in [6.45, 7) is 3.65. The molecular weight excluding hydrogens is 449 g/mol. The molecular formula is C23H19Cl2N5O2. The Morgan fingerprint density at radius 3 is 2.59 bits per heavy atom. The van der Waals surface area contributed by atoms with Gasteiger partial charge in [-0.25, -0.2) is 15.0 Å². The summed E-state index contributed by atoms with van der Waals surface area (Å²) in [5.74, 6) is 0. The molecule has 0 fully saturated rings. The SMILES string of the molecule is CCOCCCn1cnc2c(c1=O)c1nc3ccccc3nc1n2-c1cc(Cl)ccc1Cl. The van der Waals surface area contributed by atoms with Gasteiger partial charge in [-0.1, -0.05) is 35.3 Å². The van der Waals surface area contributed by atoms with Crippen molar-refractivity contribution in [3.63, 3.8) is 0 Å². The fourth-order valence-electron chi connectivity index (χ4n) is 3.80. The lowest BCUT2D eigenvalue weighted by atomic mass is 10.3. The first-order valence-corrected chi connectivity index (χ1v) is 11.0. The Balaban J connectivity index is 1.83. The van der Waals surface area contributed by atoms with Gasteiger partial charge in [-0.05, 0) is 43.7 Å². The van der Waals surface area contributed by atoms with E-state index in [4.69, 9.17) is 37.9 Å². The highest BCUT2D eigenvalue weighted by Crippen LogP contribution is 2.32. The summed E-state index contributed by atoms with van der Waals surface area (Å²) >= 11 is 12.8. The van der Waals surface area contributed by atoms with Gasteiger partial charge in [0, 0.05) is 24.8 Å². The van der Waals surface area contributed by atoms with Crippen LogP contribution < -0.4 is 5.56 Å². The van der Waals surface area contributed by atoms with Gasteiger partial charge in [0.2, 0.25) is 0 Å². The zero-order valence-electron chi connectivity index (χ0n) is 17.3. The number of rotatable bonds is 6. The minimum Gasteiger partial charge on any atom is -0.382 e. The van der Waals surface area contributed by atoms with Crippen molar-refractivity contribution in [3.05, 3.63) is 69.2 Å². The van der Waals surface area contributed by atoms with Gasteiger partial charge in [0.1, 0.15) is 10.9 Å². The molecule has 0 N–H and O–H groups in total. The molecule has 0 atom stereocenters. The fourth-order valence-corrected chi connectivity index (χ4v) is 4.17. The van der Waals surface area contributed by atoms with Crippen molar-refractivity contribution in [2.75, 3.05) is 13.2 Å². The number of para-hydroxylation sites is 2. The summed E-state index contributed by atoms with van der Waals surface area (Å²) in [5, 5.41) is 1.37. The number of aryl methyl sites for hydroxylation is 1. The topological polar surface area (TPSA) is 74.8 Å². The molecule has 5 aromatic rings. The predicted molar refractivity (Wildman–Crippen MR) is 127 cm³/mol. The Morgan fingerprint density at radius 1 is 1.03 bits per heavy atom. The van der Waals surface area contributed by atoms with Crippen LogP contribution in [0.25, 0.3) is 38.9 Å². The van der Waals surface area contributed by atoms with Crippen LogP contribution in [0.3, 0.4) is 0 Å². The van der Waals surface area contributed by atoms with E-state index in [-0.39, 0.29) is 5.56 Å². The van der Waals surface area contributed by atoms with E-state index < -0.39 is 0 Å². The molecule has 0 spiro atoms. The molecule has 0 bridgehead atoms. The Hall–Kier alpha value is -3.00. The van der Waals surface area contributed by atoms with Crippen LogP contribution >= 0.6 is 23.2 Å². The first kappa shape index (κ1) is 20.9. The minimum absolute atomic E-state index is 0.182. The lowest BCUT2D eigenvalue weighted by Crippen LogP contribution is -2.21. The number of hydrogen-bond donors (Lipinski definition) is 0. The van der Waals surface area contributed by atoms with Crippen LogP contribution in [0.4, 0.5) is 0 Å². The molecule has 7 nitrogen and oxygen atoms in total. The van der Waals surface area contributed by atoms with Gasteiger partial charge < -0.3 is 4.74 Å². The van der Waals surface area contributed by atoms with Crippen molar-refractivity contribution in [3.8, 4) is 5.69 Å². The van der Waals surface area contributed by atoms with E-state index in [1.165, 1.54) is 0 Å². The van der Waals surface area contributed by atoms with Gasteiger partial charge in [-0.15, -0.1) is 0 Å². The second-order valence-corrected chi connectivity index (χ2v) is 8.15. The highest BCUT2D eigenvalue weighted by Gasteiger charge is 2.22. The summed E-state index contributed by atoms with van der Waals surface area (Å²) in [6, 6.07) is 12.7. The number of aromatic nitrogens is 5. The van der Waals surface area contributed by atoms with Crippen molar-refractivity contribution in [2.24, 2.45) is 0 Å². The standard InChI is InChI=1S/C23H19Cl2N5O2/c1-2-32-11-5-10-29-13-26-21-19(23(29)31)20-22(28-17-7-4-3-6-16(17)27-20)30(21)18-12-14(24)8-9-15(18)25/h3-4,6-9,12-13H,2,5,10-11H2,1H3. The van der Waals surface area contributed by atoms with Gasteiger partial charge >= 0.3 is 0 Å². The van der Waals surface area contributed by atoms with Crippen LogP contribution in [-0.4, -0.2) is 37.3 Å². The molecule has 3 aromatic heterocycles. The van der Waals surface area contributed by atoms with Crippen molar-refractivity contribution < 1.29 is 4.74 Å². The quantitative estimate of drug-likeness (QED) is 0.327. The Labute approximate surface area is 193 Å². The zero-order chi connectivity index (χ0) is 22.2. The van der Waals surface area contributed by atoms with Gasteiger partial charge in [-0.2, -0.15) is 0 Å². The van der Waals surface area contributed by atoms with E-state index in [2.05, 4.69) is 4.98 Å². The Morgan fingerprint density at radius 2 is 1.81 bits per heavy atom. The maximum Gasteiger partial charge on any atom is 0.265 e. The average Bonchev–Trinajstić information content (AvgIpc) is 3.11. The third-order valence-electron chi connectivity index (χ3n) is 5.27. The predicted octanol–water partition coefficient (Wildman–Crippen LogP) is 5.02. The van der Waals surface area contributed by atoms with E-state index in [9.17, 15) is 4.79 Å². The summed E-state index contributed by atoms with van der Waals surface area (Å²) < 4.78 is 8.74. The van der Waals surface area contributed by atoms with Gasteiger partial charge in [0.15, 0.2) is 11.3 Å². The largest absolute Gasteiger partial charge is 0.382 e. The lowest BCUT2D eigenvalue weighted by molar-refractivity contribution is 0.141. The van der Waals surface area contributed by atoms with E-state index in [1.54, 1.807) is 33.7 Å². The van der Waals surface area contributed by atoms with Crippen molar-refractivity contribution in [2.45, 2.75) is 19.9 Å². The second-order valence-electron chi connectivity index (χ2n) is 7.31. The maximum absolute atomic E-state index is 13.5. The summed E-state index contributed by atoms with van der Waals surface area (Å²) in [7, 11) is 0. The van der Waals surface area contributed by atoms with E-state index >= 15 is 0 Å². The molecule has 0 aliphatic carbocycles. The first-order chi connectivity index (χ1) is 15.6. The van der Waals surface area contributed by atoms with Gasteiger partial charge in [-0.3, -0.25) is 13.9 Å². The molecule has 0 saturated heterocycles. The Bertz CT molecular complexity index is 1530. The van der Waals surface area contributed by atoms with Crippen LogP contribution in [-0.2, 0) is 11.3 Å². The molecule has 0 saturated carbocycles. The molecule has 162 valence electrons. The monoisotopic (exact) mass is 467 g/mol. The minimum atomic E-state index is -0.182. The van der Waals surface area contributed by atoms with Crippen LogP contribution in [0, 0.1) is 0 Å². The number of nitrogens with zero attached hydrogens (tertiary/aromatic N) is 5. The Kier molecular flexibility index (Phi) is 5.55. The maximum atomic E-state index is 13.5. The van der Waals surface area contributed by atoms with E-state index in [0.29, 0.717) is 75.1 Å². The van der Waals surface area contributed by atoms with Gasteiger partial charge in [0.05, 0.1) is 28.1 Å². The summed E-state index contributed by atoms with van der Waals surface area (Å²) in [5.41, 5.74) is 3.22. The second kappa shape index (κ2) is 8.50.